The van der Waals surface area contributed by atoms with Crippen LogP contribution in [0, 0.1) is 19.3 Å². The molecule has 0 aliphatic heterocycles. The normalized spacial score (nSPS) is 11.8. The van der Waals surface area contributed by atoms with Gasteiger partial charge in [-0.3, -0.25) is 5.10 Å². The average Bonchev–Trinajstić information content (AvgIpc) is 2.78. The highest BCUT2D eigenvalue weighted by molar-refractivity contribution is 7.89. The molecule has 0 unspecified atom stereocenters. The highest BCUT2D eigenvalue weighted by atomic mass is 32.2. The van der Waals surface area contributed by atoms with Crippen molar-refractivity contribution in [1.82, 2.24) is 19.8 Å². The lowest BCUT2D eigenvalue weighted by Gasteiger charge is -2.19. The molecule has 0 spiro atoms. The minimum atomic E-state index is -3.62. The molecular formula is C13H22N4O2S. The number of sulfonamides is 1. The Morgan fingerprint density at radius 3 is 2.70 bits per heavy atom. The highest BCUT2D eigenvalue weighted by Crippen LogP contribution is 2.22. The molecule has 1 aromatic rings. The van der Waals surface area contributed by atoms with Crippen LogP contribution in [0.15, 0.2) is 4.90 Å². The molecule has 0 atom stereocenters. The van der Waals surface area contributed by atoms with E-state index in [2.05, 4.69) is 21.4 Å². The Morgan fingerprint density at radius 2 is 2.15 bits per heavy atom. The van der Waals surface area contributed by atoms with E-state index in [4.69, 9.17) is 6.42 Å². The zero-order valence-electron chi connectivity index (χ0n) is 12.2. The average molecular weight is 298 g/mol. The van der Waals surface area contributed by atoms with Gasteiger partial charge >= 0.3 is 0 Å². The molecule has 0 aliphatic carbocycles. The standard InChI is InChI=1S/C13H22N4O2S/c1-5-8-17(9-6-2)20(18,19)13-11(4)15-16-12(13)10-14-7-3/h1,14H,6-10H2,2-4H3,(H,15,16). The third-order valence-electron chi connectivity index (χ3n) is 2.84. The molecule has 1 aromatic heterocycles. The quantitative estimate of drug-likeness (QED) is 0.698. The van der Waals surface area contributed by atoms with Crippen LogP contribution in [0.25, 0.3) is 0 Å². The van der Waals surface area contributed by atoms with E-state index in [0.717, 1.165) is 6.54 Å². The van der Waals surface area contributed by atoms with Crippen LogP contribution in [-0.4, -0.2) is 42.6 Å². The summed E-state index contributed by atoms with van der Waals surface area (Å²) in [5.74, 6) is 2.40. The fourth-order valence-corrected chi connectivity index (χ4v) is 3.71. The number of hydrogen-bond acceptors (Lipinski definition) is 4. The van der Waals surface area contributed by atoms with Crippen molar-refractivity contribution in [3.63, 3.8) is 0 Å². The van der Waals surface area contributed by atoms with E-state index in [1.807, 2.05) is 13.8 Å². The summed E-state index contributed by atoms with van der Waals surface area (Å²) in [6.45, 7) is 7.20. The molecule has 1 heterocycles. The number of rotatable bonds is 8. The Hall–Kier alpha value is -1.36. The van der Waals surface area contributed by atoms with Crippen molar-refractivity contribution in [3.8, 4) is 12.3 Å². The van der Waals surface area contributed by atoms with E-state index in [1.165, 1.54) is 4.31 Å². The number of nitrogens with one attached hydrogen (secondary N) is 2. The molecule has 2 N–H and O–H groups in total. The van der Waals surface area contributed by atoms with Crippen molar-refractivity contribution in [1.29, 1.82) is 0 Å². The zero-order valence-corrected chi connectivity index (χ0v) is 13.0. The maximum absolute atomic E-state index is 12.7. The summed E-state index contributed by atoms with van der Waals surface area (Å²) in [6, 6.07) is 0. The van der Waals surface area contributed by atoms with Gasteiger partial charge in [-0.1, -0.05) is 19.8 Å². The van der Waals surface area contributed by atoms with Crippen molar-refractivity contribution >= 4 is 10.0 Å². The summed E-state index contributed by atoms with van der Waals surface area (Å²) in [5, 5.41) is 9.91. The van der Waals surface area contributed by atoms with Gasteiger partial charge in [-0.05, 0) is 19.9 Å². The first-order valence-electron chi connectivity index (χ1n) is 6.67. The number of aromatic amines is 1. The first kappa shape index (κ1) is 16.7. The minimum Gasteiger partial charge on any atom is -0.311 e. The minimum absolute atomic E-state index is 0.0709. The second kappa shape index (κ2) is 7.43. The lowest BCUT2D eigenvalue weighted by atomic mass is 10.3. The predicted octanol–water partition coefficient (Wildman–Crippen LogP) is 0.862. The smallest absolute Gasteiger partial charge is 0.247 e. The molecule has 0 fully saturated rings. The molecule has 112 valence electrons. The van der Waals surface area contributed by atoms with Gasteiger partial charge in [-0.25, -0.2) is 8.42 Å². The molecule has 0 bridgehead atoms. The molecule has 0 aliphatic rings. The summed E-state index contributed by atoms with van der Waals surface area (Å²) < 4.78 is 26.8. The highest BCUT2D eigenvalue weighted by Gasteiger charge is 2.29. The number of terminal acetylenes is 1. The molecule has 6 nitrogen and oxygen atoms in total. The van der Waals surface area contributed by atoms with E-state index in [-0.39, 0.29) is 11.4 Å². The van der Waals surface area contributed by atoms with Crippen LogP contribution in [-0.2, 0) is 16.6 Å². The third kappa shape index (κ3) is 3.60. The molecule has 0 radical (unpaired) electrons. The first-order chi connectivity index (χ1) is 9.48. The molecule has 20 heavy (non-hydrogen) atoms. The lowest BCUT2D eigenvalue weighted by molar-refractivity contribution is 0.444. The topological polar surface area (TPSA) is 78.1 Å². The van der Waals surface area contributed by atoms with Gasteiger partial charge in [0.1, 0.15) is 4.90 Å². The van der Waals surface area contributed by atoms with Crippen molar-refractivity contribution in [3.05, 3.63) is 11.4 Å². The number of hydrogen-bond donors (Lipinski definition) is 2. The van der Waals surface area contributed by atoms with E-state index in [1.54, 1.807) is 6.92 Å². The van der Waals surface area contributed by atoms with Crippen LogP contribution in [0.1, 0.15) is 31.7 Å². The van der Waals surface area contributed by atoms with Crippen LogP contribution in [0.2, 0.25) is 0 Å². The van der Waals surface area contributed by atoms with E-state index >= 15 is 0 Å². The molecule has 0 amide bonds. The largest absolute Gasteiger partial charge is 0.311 e. The van der Waals surface area contributed by atoms with Crippen LogP contribution in [0.5, 0.6) is 0 Å². The molecular weight excluding hydrogens is 276 g/mol. The number of H-pyrrole nitrogens is 1. The van der Waals surface area contributed by atoms with Gasteiger partial charge in [-0.2, -0.15) is 9.40 Å². The van der Waals surface area contributed by atoms with Gasteiger partial charge in [0.15, 0.2) is 0 Å². The Bertz CT molecular complexity index is 572. The van der Waals surface area contributed by atoms with Gasteiger partial charge < -0.3 is 5.32 Å². The molecule has 0 saturated carbocycles. The van der Waals surface area contributed by atoms with E-state index in [9.17, 15) is 8.42 Å². The van der Waals surface area contributed by atoms with Crippen LogP contribution >= 0.6 is 0 Å². The van der Waals surface area contributed by atoms with E-state index < -0.39 is 10.0 Å². The molecule has 1 rings (SSSR count). The fourth-order valence-electron chi connectivity index (χ4n) is 1.94. The van der Waals surface area contributed by atoms with Crippen LogP contribution < -0.4 is 5.32 Å². The van der Waals surface area contributed by atoms with Gasteiger partial charge in [0.2, 0.25) is 10.0 Å². The van der Waals surface area contributed by atoms with Crippen LogP contribution in [0.3, 0.4) is 0 Å². The van der Waals surface area contributed by atoms with Gasteiger partial charge in [-0.15, -0.1) is 6.42 Å². The van der Waals surface area contributed by atoms with E-state index in [0.29, 0.717) is 30.9 Å². The summed E-state index contributed by atoms with van der Waals surface area (Å²) >= 11 is 0. The van der Waals surface area contributed by atoms with Crippen molar-refractivity contribution in [2.24, 2.45) is 0 Å². The zero-order chi connectivity index (χ0) is 15.2. The summed E-state index contributed by atoms with van der Waals surface area (Å²) in [4.78, 5) is 0.238. The van der Waals surface area contributed by atoms with Gasteiger partial charge in [0.25, 0.3) is 0 Å². The number of nitrogens with zero attached hydrogens (tertiary/aromatic N) is 2. The van der Waals surface area contributed by atoms with Crippen LogP contribution in [0.4, 0.5) is 0 Å². The fraction of sp³-hybridized carbons (Fsp3) is 0.615. The lowest BCUT2D eigenvalue weighted by Crippen LogP contribution is -2.33. The van der Waals surface area contributed by atoms with Gasteiger partial charge in [0, 0.05) is 13.1 Å². The van der Waals surface area contributed by atoms with Crippen molar-refractivity contribution < 1.29 is 8.42 Å². The molecule has 0 aromatic carbocycles. The van der Waals surface area contributed by atoms with Crippen molar-refractivity contribution in [2.75, 3.05) is 19.6 Å². The first-order valence-corrected chi connectivity index (χ1v) is 8.11. The molecule has 7 heteroatoms. The monoisotopic (exact) mass is 298 g/mol. The summed E-state index contributed by atoms with van der Waals surface area (Å²) in [6.07, 6.45) is 5.98. The second-order valence-electron chi connectivity index (χ2n) is 4.45. The third-order valence-corrected chi connectivity index (χ3v) is 4.89. The van der Waals surface area contributed by atoms with Gasteiger partial charge in [0.05, 0.1) is 17.9 Å². The predicted molar refractivity (Wildman–Crippen MR) is 78.6 cm³/mol. The Kier molecular flexibility index (Phi) is 6.20. The second-order valence-corrected chi connectivity index (χ2v) is 6.32. The SMILES string of the molecule is C#CCN(CCC)S(=O)(=O)c1c(CNCC)n[nH]c1C. The van der Waals surface area contributed by atoms with Crippen molar-refractivity contribution in [2.45, 2.75) is 38.6 Å². The number of aryl methyl sites for hydroxylation is 1. The maximum atomic E-state index is 12.7. The Morgan fingerprint density at radius 1 is 1.45 bits per heavy atom. The Labute approximate surface area is 121 Å². The maximum Gasteiger partial charge on any atom is 0.247 e. The summed E-state index contributed by atoms with van der Waals surface area (Å²) in [7, 11) is -3.62. The number of aromatic nitrogens is 2. The molecule has 0 saturated heterocycles. The summed E-state index contributed by atoms with van der Waals surface area (Å²) in [5.41, 5.74) is 1.04. The Balaban J connectivity index is 3.19.